The molecule has 0 saturated carbocycles. The lowest BCUT2D eigenvalue weighted by Crippen LogP contribution is -2.34. The Morgan fingerprint density at radius 2 is 1.79 bits per heavy atom. The second kappa shape index (κ2) is 6.81. The van der Waals surface area contributed by atoms with Crippen LogP contribution in [-0.4, -0.2) is 19.9 Å². The first-order valence-electron chi connectivity index (χ1n) is 6.34. The van der Waals surface area contributed by atoms with Gasteiger partial charge in [-0.1, -0.05) is 27.7 Å². The smallest absolute Gasteiger partial charge is 0.242 e. The van der Waals surface area contributed by atoms with Gasteiger partial charge in [0.25, 0.3) is 0 Å². The zero-order valence-electron chi connectivity index (χ0n) is 11.7. The minimum absolute atomic E-state index is 0.188. The van der Waals surface area contributed by atoms with Crippen LogP contribution in [0.2, 0.25) is 0 Å². The highest BCUT2D eigenvalue weighted by Gasteiger charge is 2.21. The van der Waals surface area contributed by atoms with Gasteiger partial charge in [-0.2, -0.15) is 0 Å². The number of rotatable bonds is 6. The molecule has 0 unspecified atom stereocenters. The molecule has 1 heterocycles. The standard InChI is InChI=1S/C13H21BrN2O2S/c1-9(2)13(10(3)4)8-16-19(17,18)12-5-11(14)6-15-7-12/h5-7,9-10,13,16H,8H2,1-4H3. The van der Waals surface area contributed by atoms with Crippen molar-refractivity contribution in [3.05, 3.63) is 22.9 Å². The van der Waals surface area contributed by atoms with Gasteiger partial charge >= 0.3 is 0 Å². The Bertz CT molecular complexity index is 507. The van der Waals surface area contributed by atoms with Gasteiger partial charge in [-0.25, -0.2) is 13.1 Å². The van der Waals surface area contributed by atoms with Crippen molar-refractivity contribution < 1.29 is 8.42 Å². The van der Waals surface area contributed by atoms with Crippen LogP contribution in [0.1, 0.15) is 27.7 Å². The second-order valence-corrected chi connectivity index (χ2v) is 8.03. The second-order valence-electron chi connectivity index (χ2n) is 5.34. The average Bonchev–Trinajstić information content (AvgIpc) is 2.28. The molecule has 1 aromatic heterocycles. The molecule has 0 atom stereocenters. The summed E-state index contributed by atoms with van der Waals surface area (Å²) in [6, 6.07) is 1.55. The summed E-state index contributed by atoms with van der Waals surface area (Å²) in [5.41, 5.74) is 0. The van der Waals surface area contributed by atoms with Crippen molar-refractivity contribution in [1.29, 1.82) is 0 Å². The summed E-state index contributed by atoms with van der Waals surface area (Å²) in [5.74, 6) is 1.18. The third kappa shape index (κ3) is 4.85. The SMILES string of the molecule is CC(C)C(CNS(=O)(=O)c1cncc(Br)c1)C(C)C. The lowest BCUT2D eigenvalue weighted by molar-refractivity contribution is 0.289. The van der Waals surface area contributed by atoms with E-state index in [1.165, 1.54) is 6.20 Å². The van der Waals surface area contributed by atoms with Crippen molar-refractivity contribution in [2.24, 2.45) is 17.8 Å². The van der Waals surface area contributed by atoms with E-state index in [4.69, 9.17) is 0 Å². The minimum Gasteiger partial charge on any atom is -0.262 e. The zero-order chi connectivity index (χ0) is 14.6. The van der Waals surface area contributed by atoms with Crippen LogP contribution < -0.4 is 4.72 Å². The number of sulfonamides is 1. The van der Waals surface area contributed by atoms with Crippen molar-refractivity contribution in [2.75, 3.05) is 6.54 Å². The first kappa shape index (κ1) is 16.6. The van der Waals surface area contributed by atoms with Gasteiger partial charge in [0.15, 0.2) is 0 Å². The molecule has 0 amide bonds. The van der Waals surface area contributed by atoms with E-state index in [0.717, 1.165) is 0 Å². The summed E-state index contributed by atoms with van der Waals surface area (Å²) in [6.45, 7) is 8.89. The molecule has 0 fully saturated rings. The van der Waals surface area contributed by atoms with E-state index in [0.29, 0.717) is 28.8 Å². The number of halogens is 1. The molecular formula is C13H21BrN2O2S. The molecule has 0 saturated heterocycles. The minimum atomic E-state index is -3.49. The summed E-state index contributed by atoms with van der Waals surface area (Å²) in [7, 11) is -3.49. The summed E-state index contributed by atoms with van der Waals surface area (Å²) in [5, 5.41) is 0. The van der Waals surface area contributed by atoms with E-state index in [2.05, 4.69) is 53.3 Å². The summed E-state index contributed by atoms with van der Waals surface area (Å²) in [6.07, 6.45) is 2.91. The maximum absolute atomic E-state index is 12.2. The van der Waals surface area contributed by atoms with E-state index < -0.39 is 10.0 Å². The summed E-state index contributed by atoms with van der Waals surface area (Å²) in [4.78, 5) is 4.07. The van der Waals surface area contributed by atoms with Gasteiger partial charge < -0.3 is 0 Å². The number of hydrogen-bond donors (Lipinski definition) is 1. The highest BCUT2D eigenvalue weighted by molar-refractivity contribution is 9.10. The molecule has 0 aromatic carbocycles. The largest absolute Gasteiger partial charge is 0.262 e. The van der Waals surface area contributed by atoms with Gasteiger partial charge in [-0.3, -0.25) is 4.98 Å². The predicted molar refractivity (Wildman–Crippen MR) is 80.3 cm³/mol. The molecule has 0 aliphatic heterocycles. The topological polar surface area (TPSA) is 59.1 Å². The molecule has 108 valence electrons. The van der Waals surface area contributed by atoms with Gasteiger partial charge in [0.2, 0.25) is 10.0 Å². The normalized spacial score (nSPS) is 12.6. The van der Waals surface area contributed by atoms with Gasteiger partial charge in [-0.05, 0) is 39.8 Å². The van der Waals surface area contributed by atoms with Crippen LogP contribution in [0.3, 0.4) is 0 Å². The Kier molecular flexibility index (Phi) is 5.95. The van der Waals surface area contributed by atoms with E-state index in [-0.39, 0.29) is 4.90 Å². The van der Waals surface area contributed by atoms with E-state index in [9.17, 15) is 8.42 Å². The highest BCUT2D eigenvalue weighted by Crippen LogP contribution is 2.21. The third-order valence-corrected chi connectivity index (χ3v) is 5.04. The number of aromatic nitrogens is 1. The number of nitrogens with zero attached hydrogens (tertiary/aromatic N) is 1. The van der Waals surface area contributed by atoms with Crippen LogP contribution in [0.15, 0.2) is 27.8 Å². The summed E-state index contributed by atoms with van der Waals surface area (Å²) >= 11 is 3.23. The Morgan fingerprint density at radius 3 is 2.26 bits per heavy atom. The van der Waals surface area contributed by atoms with E-state index in [1.54, 1.807) is 12.3 Å². The highest BCUT2D eigenvalue weighted by atomic mass is 79.9. The quantitative estimate of drug-likeness (QED) is 0.859. The maximum atomic E-state index is 12.2. The molecule has 19 heavy (non-hydrogen) atoms. The van der Waals surface area contributed by atoms with Gasteiger partial charge in [0.05, 0.1) is 0 Å². The molecule has 0 aliphatic carbocycles. The molecular weight excluding hydrogens is 328 g/mol. The fraction of sp³-hybridized carbons (Fsp3) is 0.615. The van der Waals surface area contributed by atoms with Crippen LogP contribution in [-0.2, 0) is 10.0 Å². The van der Waals surface area contributed by atoms with Crippen LogP contribution in [0, 0.1) is 17.8 Å². The Hall–Kier alpha value is -0.460. The molecule has 1 aromatic rings. The van der Waals surface area contributed by atoms with Crippen LogP contribution >= 0.6 is 15.9 Å². The first-order valence-corrected chi connectivity index (χ1v) is 8.62. The molecule has 4 nitrogen and oxygen atoms in total. The van der Waals surface area contributed by atoms with Gasteiger partial charge in [-0.15, -0.1) is 0 Å². The number of nitrogens with one attached hydrogen (secondary N) is 1. The lowest BCUT2D eigenvalue weighted by atomic mass is 9.86. The number of hydrogen-bond acceptors (Lipinski definition) is 3. The first-order chi connectivity index (χ1) is 8.74. The molecule has 1 N–H and O–H groups in total. The van der Waals surface area contributed by atoms with Gasteiger partial charge in [0, 0.05) is 23.4 Å². The fourth-order valence-corrected chi connectivity index (χ4v) is 3.65. The molecule has 0 spiro atoms. The third-order valence-electron chi connectivity index (χ3n) is 3.21. The van der Waals surface area contributed by atoms with E-state index >= 15 is 0 Å². The molecule has 0 aliphatic rings. The van der Waals surface area contributed by atoms with Gasteiger partial charge in [0.1, 0.15) is 4.90 Å². The van der Waals surface area contributed by atoms with Crippen molar-refractivity contribution in [3.8, 4) is 0 Å². The molecule has 1 rings (SSSR count). The Labute approximate surface area is 124 Å². The summed E-state index contributed by atoms with van der Waals surface area (Å²) < 4.78 is 27.7. The van der Waals surface area contributed by atoms with Crippen molar-refractivity contribution in [1.82, 2.24) is 9.71 Å². The molecule has 6 heteroatoms. The fourth-order valence-electron chi connectivity index (χ4n) is 2.07. The van der Waals surface area contributed by atoms with Crippen LogP contribution in [0.5, 0.6) is 0 Å². The van der Waals surface area contributed by atoms with Crippen LogP contribution in [0.4, 0.5) is 0 Å². The van der Waals surface area contributed by atoms with Crippen molar-refractivity contribution in [2.45, 2.75) is 32.6 Å². The molecule has 0 radical (unpaired) electrons. The zero-order valence-corrected chi connectivity index (χ0v) is 14.1. The Morgan fingerprint density at radius 1 is 1.21 bits per heavy atom. The van der Waals surface area contributed by atoms with Crippen LogP contribution in [0.25, 0.3) is 0 Å². The Balaban J connectivity index is 2.81. The number of pyridine rings is 1. The van der Waals surface area contributed by atoms with Crippen molar-refractivity contribution >= 4 is 26.0 Å². The van der Waals surface area contributed by atoms with E-state index in [1.807, 2.05) is 0 Å². The van der Waals surface area contributed by atoms with Crippen molar-refractivity contribution in [3.63, 3.8) is 0 Å². The lowest BCUT2D eigenvalue weighted by Gasteiger charge is -2.24. The monoisotopic (exact) mass is 348 g/mol. The average molecular weight is 349 g/mol. The predicted octanol–water partition coefficient (Wildman–Crippen LogP) is 3.05. The molecule has 0 bridgehead atoms. The maximum Gasteiger partial charge on any atom is 0.242 e.